The van der Waals surface area contributed by atoms with Gasteiger partial charge in [-0.2, -0.15) is 13.2 Å². The molecule has 5 heteroatoms. The van der Waals surface area contributed by atoms with Crippen LogP contribution in [0.15, 0.2) is 0 Å². The number of nitrogens with zero attached hydrogens (tertiary/aromatic N) is 1. The minimum Gasteiger partial charge on any atom is -0.342 e. The first-order chi connectivity index (χ1) is 8.00. The molecule has 1 aliphatic heterocycles. The Bertz CT molecular complexity index is 284. The zero-order chi connectivity index (χ0) is 12.5. The largest absolute Gasteiger partial charge is 0.392 e. The van der Waals surface area contributed by atoms with E-state index in [2.05, 4.69) is 0 Å². The molecule has 1 saturated heterocycles. The maximum atomic E-state index is 12.9. The number of carbonyl (C=O) groups excluding carboxylic acids is 1. The molecule has 2 rings (SSSR count). The monoisotopic (exact) mass is 249 g/mol. The molecule has 1 aliphatic carbocycles. The van der Waals surface area contributed by atoms with Crippen LogP contribution in [0.3, 0.4) is 0 Å². The Labute approximate surface area is 99.2 Å². The molecule has 0 aromatic rings. The average molecular weight is 249 g/mol. The molecule has 0 spiro atoms. The fourth-order valence-corrected chi connectivity index (χ4v) is 2.99. The van der Waals surface area contributed by atoms with Crippen molar-refractivity contribution in [1.82, 2.24) is 4.90 Å². The standard InChI is InChI=1S/C12H18F3NO/c13-12(14,15)10-6-2-1-5-9(10)11(17)16-7-3-4-8-16/h9-10H,1-8H2. The topological polar surface area (TPSA) is 20.3 Å². The van der Waals surface area contributed by atoms with Gasteiger partial charge in [-0.3, -0.25) is 4.79 Å². The summed E-state index contributed by atoms with van der Waals surface area (Å²) in [6.45, 7) is 1.28. The van der Waals surface area contributed by atoms with Gasteiger partial charge < -0.3 is 4.90 Å². The molecule has 2 fully saturated rings. The van der Waals surface area contributed by atoms with Crippen molar-refractivity contribution in [3.63, 3.8) is 0 Å². The summed E-state index contributed by atoms with van der Waals surface area (Å²) in [5.41, 5.74) is 0. The molecule has 2 aliphatic rings. The molecule has 17 heavy (non-hydrogen) atoms. The normalized spacial score (nSPS) is 30.6. The average Bonchev–Trinajstić information content (AvgIpc) is 2.80. The lowest BCUT2D eigenvalue weighted by molar-refractivity contribution is -0.200. The molecule has 2 nitrogen and oxygen atoms in total. The summed E-state index contributed by atoms with van der Waals surface area (Å²) in [7, 11) is 0. The van der Waals surface area contributed by atoms with Gasteiger partial charge in [0.2, 0.25) is 5.91 Å². The van der Waals surface area contributed by atoms with Crippen molar-refractivity contribution in [2.24, 2.45) is 11.8 Å². The maximum Gasteiger partial charge on any atom is 0.392 e. The van der Waals surface area contributed by atoms with Crippen molar-refractivity contribution in [3.05, 3.63) is 0 Å². The zero-order valence-electron chi connectivity index (χ0n) is 9.80. The van der Waals surface area contributed by atoms with E-state index in [9.17, 15) is 18.0 Å². The van der Waals surface area contributed by atoms with Crippen LogP contribution in [0.5, 0.6) is 0 Å². The lowest BCUT2D eigenvalue weighted by atomic mass is 9.78. The minimum absolute atomic E-state index is 0.119. The molecule has 98 valence electrons. The summed E-state index contributed by atoms with van der Waals surface area (Å²) in [5.74, 6) is -2.49. The van der Waals surface area contributed by atoms with Gasteiger partial charge in [0.15, 0.2) is 0 Å². The summed E-state index contributed by atoms with van der Waals surface area (Å²) in [4.78, 5) is 13.7. The van der Waals surface area contributed by atoms with E-state index in [-0.39, 0.29) is 12.3 Å². The third kappa shape index (κ3) is 2.75. The Kier molecular flexibility index (Phi) is 3.64. The summed E-state index contributed by atoms with van der Waals surface area (Å²) in [6.07, 6.45) is -0.511. The van der Waals surface area contributed by atoms with Crippen LogP contribution in [-0.4, -0.2) is 30.1 Å². The van der Waals surface area contributed by atoms with Crippen LogP contribution >= 0.6 is 0 Å². The van der Waals surface area contributed by atoms with Crippen LogP contribution in [0.25, 0.3) is 0 Å². The second kappa shape index (κ2) is 4.86. The third-order valence-corrected chi connectivity index (χ3v) is 3.92. The molecule has 2 unspecified atom stereocenters. The molecular weight excluding hydrogens is 231 g/mol. The van der Waals surface area contributed by atoms with Crippen LogP contribution in [0.1, 0.15) is 38.5 Å². The molecule has 1 amide bonds. The summed E-state index contributed by atoms with van der Waals surface area (Å²) < 4.78 is 38.6. The van der Waals surface area contributed by atoms with Crippen LogP contribution in [0.2, 0.25) is 0 Å². The molecule has 0 radical (unpaired) electrons. The van der Waals surface area contributed by atoms with E-state index in [1.807, 2.05) is 0 Å². The van der Waals surface area contributed by atoms with Gasteiger partial charge in [-0.05, 0) is 25.7 Å². The number of hydrogen-bond acceptors (Lipinski definition) is 1. The number of halogens is 3. The second-order valence-corrected chi connectivity index (χ2v) is 5.07. The quantitative estimate of drug-likeness (QED) is 0.699. The van der Waals surface area contributed by atoms with Gasteiger partial charge >= 0.3 is 6.18 Å². The number of rotatable bonds is 1. The fraction of sp³-hybridized carbons (Fsp3) is 0.917. The first-order valence-corrected chi connectivity index (χ1v) is 6.35. The minimum atomic E-state index is -4.22. The molecule has 0 N–H and O–H groups in total. The van der Waals surface area contributed by atoms with Gasteiger partial charge in [-0.25, -0.2) is 0 Å². The first-order valence-electron chi connectivity index (χ1n) is 6.35. The maximum absolute atomic E-state index is 12.9. The number of likely N-dealkylation sites (tertiary alicyclic amines) is 1. The van der Waals surface area contributed by atoms with E-state index in [1.54, 1.807) is 4.90 Å². The summed E-state index contributed by atoms with van der Waals surface area (Å²) >= 11 is 0. The lowest BCUT2D eigenvalue weighted by Crippen LogP contribution is -2.43. The Morgan fingerprint density at radius 1 is 1.00 bits per heavy atom. The van der Waals surface area contributed by atoms with Crippen molar-refractivity contribution < 1.29 is 18.0 Å². The summed E-state index contributed by atoms with van der Waals surface area (Å²) in [6, 6.07) is 0. The van der Waals surface area contributed by atoms with Crippen LogP contribution in [0, 0.1) is 11.8 Å². The van der Waals surface area contributed by atoms with Crippen molar-refractivity contribution in [3.8, 4) is 0 Å². The summed E-state index contributed by atoms with van der Waals surface area (Å²) in [5, 5.41) is 0. The zero-order valence-corrected chi connectivity index (χ0v) is 9.80. The Hall–Kier alpha value is -0.740. The van der Waals surface area contributed by atoms with Crippen molar-refractivity contribution in [1.29, 1.82) is 0 Å². The Morgan fingerprint density at radius 3 is 2.18 bits per heavy atom. The van der Waals surface area contributed by atoms with Crippen molar-refractivity contribution in [2.45, 2.75) is 44.7 Å². The highest BCUT2D eigenvalue weighted by molar-refractivity contribution is 5.79. The molecular formula is C12H18F3NO. The predicted octanol–water partition coefficient (Wildman–Crippen LogP) is 2.98. The molecule has 0 aromatic carbocycles. The van der Waals surface area contributed by atoms with Gasteiger partial charge in [-0.15, -0.1) is 0 Å². The molecule has 1 heterocycles. The van der Waals surface area contributed by atoms with E-state index in [4.69, 9.17) is 0 Å². The van der Waals surface area contributed by atoms with E-state index in [0.29, 0.717) is 25.9 Å². The second-order valence-electron chi connectivity index (χ2n) is 5.07. The molecule has 0 bridgehead atoms. The highest BCUT2D eigenvalue weighted by Crippen LogP contribution is 2.42. The smallest absolute Gasteiger partial charge is 0.342 e. The van der Waals surface area contributed by atoms with Gasteiger partial charge in [0.1, 0.15) is 0 Å². The van der Waals surface area contributed by atoms with Crippen LogP contribution in [0.4, 0.5) is 13.2 Å². The van der Waals surface area contributed by atoms with E-state index >= 15 is 0 Å². The Balaban J connectivity index is 2.07. The third-order valence-electron chi connectivity index (χ3n) is 3.92. The van der Waals surface area contributed by atoms with E-state index in [1.165, 1.54) is 0 Å². The number of amides is 1. The van der Waals surface area contributed by atoms with Crippen LogP contribution < -0.4 is 0 Å². The highest BCUT2D eigenvalue weighted by atomic mass is 19.4. The molecule has 2 atom stereocenters. The lowest BCUT2D eigenvalue weighted by Gasteiger charge is -2.34. The van der Waals surface area contributed by atoms with Crippen molar-refractivity contribution >= 4 is 5.91 Å². The molecule has 0 aromatic heterocycles. The predicted molar refractivity (Wildman–Crippen MR) is 57.3 cm³/mol. The molecule has 1 saturated carbocycles. The number of hydrogen-bond donors (Lipinski definition) is 0. The highest BCUT2D eigenvalue weighted by Gasteiger charge is 2.48. The first kappa shape index (κ1) is 12.7. The van der Waals surface area contributed by atoms with E-state index in [0.717, 1.165) is 19.3 Å². The SMILES string of the molecule is O=C(C1CCCCC1C(F)(F)F)N1CCCC1. The van der Waals surface area contributed by atoms with Crippen LogP contribution in [-0.2, 0) is 4.79 Å². The van der Waals surface area contributed by atoms with Gasteiger partial charge in [0, 0.05) is 19.0 Å². The van der Waals surface area contributed by atoms with E-state index < -0.39 is 18.0 Å². The Morgan fingerprint density at radius 2 is 1.59 bits per heavy atom. The fourth-order valence-electron chi connectivity index (χ4n) is 2.99. The van der Waals surface area contributed by atoms with Gasteiger partial charge in [0.25, 0.3) is 0 Å². The van der Waals surface area contributed by atoms with Gasteiger partial charge in [0.05, 0.1) is 5.92 Å². The number of carbonyl (C=O) groups is 1. The van der Waals surface area contributed by atoms with Crippen molar-refractivity contribution in [2.75, 3.05) is 13.1 Å². The van der Waals surface area contributed by atoms with Gasteiger partial charge in [-0.1, -0.05) is 12.8 Å². The number of alkyl halides is 3.